The van der Waals surface area contributed by atoms with E-state index >= 15 is 0 Å². The van der Waals surface area contributed by atoms with Crippen LogP contribution >= 0.6 is 0 Å². The summed E-state index contributed by atoms with van der Waals surface area (Å²) in [5.74, 6) is -1.41. The number of nitrogens with one attached hydrogen (secondary N) is 1. The van der Waals surface area contributed by atoms with E-state index in [9.17, 15) is 19.5 Å². The van der Waals surface area contributed by atoms with Crippen molar-refractivity contribution in [1.82, 2.24) is 5.32 Å². The fraction of sp³-hybridized carbons (Fsp3) is 0.250. The standard InChI is InChI=1S/C20H19NO5/c1-20(2)11-15(22)14-10-13(8-9-16(14)26-20)18(23)21-17(19(24)25)12-6-4-3-5-7-12/h3-10,17H,11H2,1-2H3,(H,21,23)(H,24,25). The largest absolute Gasteiger partial charge is 0.487 e. The molecule has 134 valence electrons. The van der Waals surface area contributed by atoms with Crippen molar-refractivity contribution in [3.63, 3.8) is 0 Å². The topological polar surface area (TPSA) is 92.7 Å². The molecule has 26 heavy (non-hydrogen) atoms. The molecule has 1 aliphatic rings. The maximum Gasteiger partial charge on any atom is 0.330 e. The molecule has 6 nitrogen and oxygen atoms in total. The first-order valence-electron chi connectivity index (χ1n) is 8.22. The Balaban J connectivity index is 1.85. The first-order valence-corrected chi connectivity index (χ1v) is 8.22. The van der Waals surface area contributed by atoms with Crippen molar-refractivity contribution in [2.75, 3.05) is 0 Å². The van der Waals surface area contributed by atoms with Crippen LogP contribution in [-0.2, 0) is 4.79 Å². The van der Waals surface area contributed by atoms with Crippen molar-refractivity contribution >= 4 is 17.7 Å². The molecule has 0 saturated carbocycles. The van der Waals surface area contributed by atoms with Gasteiger partial charge in [0, 0.05) is 5.56 Å². The van der Waals surface area contributed by atoms with Crippen molar-refractivity contribution in [2.24, 2.45) is 0 Å². The highest BCUT2D eigenvalue weighted by Gasteiger charge is 2.33. The molecule has 0 aromatic heterocycles. The second kappa shape index (κ2) is 6.63. The Labute approximate surface area is 150 Å². The Morgan fingerprint density at radius 3 is 2.50 bits per heavy atom. The molecule has 2 aromatic rings. The highest BCUT2D eigenvalue weighted by Crippen LogP contribution is 2.33. The molecule has 1 unspecified atom stereocenters. The lowest BCUT2D eigenvalue weighted by atomic mass is 9.92. The molecule has 2 aromatic carbocycles. The minimum absolute atomic E-state index is 0.108. The Kier molecular flexibility index (Phi) is 4.50. The summed E-state index contributed by atoms with van der Waals surface area (Å²) >= 11 is 0. The van der Waals surface area contributed by atoms with Gasteiger partial charge < -0.3 is 15.2 Å². The molecule has 0 saturated heterocycles. The monoisotopic (exact) mass is 353 g/mol. The van der Waals surface area contributed by atoms with Crippen LogP contribution in [0.3, 0.4) is 0 Å². The number of benzene rings is 2. The lowest BCUT2D eigenvalue weighted by molar-refractivity contribution is -0.139. The van der Waals surface area contributed by atoms with Gasteiger partial charge in [0.05, 0.1) is 12.0 Å². The summed E-state index contributed by atoms with van der Waals surface area (Å²) in [6, 6.07) is 11.8. The van der Waals surface area contributed by atoms with E-state index in [1.165, 1.54) is 12.1 Å². The van der Waals surface area contributed by atoms with Crippen molar-refractivity contribution < 1.29 is 24.2 Å². The van der Waals surface area contributed by atoms with E-state index in [-0.39, 0.29) is 17.8 Å². The van der Waals surface area contributed by atoms with Gasteiger partial charge in [0.2, 0.25) is 0 Å². The van der Waals surface area contributed by atoms with Crippen LogP contribution in [0, 0.1) is 0 Å². The minimum atomic E-state index is -1.18. The predicted octanol–water partition coefficient (Wildman–Crippen LogP) is 2.99. The number of ether oxygens (including phenoxy) is 1. The van der Waals surface area contributed by atoms with Gasteiger partial charge in [-0.1, -0.05) is 30.3 Å². The van der Waals surface area contributed by atoms with E-state index in [0.29, 0.717) is 16.9 Å². The first kappa shape index (κ1) is 17.7. The lowest BCUT2D eigenvalue weighted by Crippen LogP contribution is -2.36. The third kappa shape index (κ3) is 3.59. The number of carbonyl (C=O) groups excluding carboxylic acids is 2. The zero-order valence-electron chi connectivity index (χ0n) is 14.5. The molecular formula is C20H19NO5. The quantitative estimate of drug-likeness (QED) is 0.881. The van der Waals surface area contributed by atoms with Gasteiger partial charge in [-0.05, 0) is 37.6 Å². The molecule has 1 aliphatic heterocycles. The van der Waals surface area contributed by atoms with Crippen LogP contribution in [0.5, 0.6) is 5.75 Å². The summed E-state index contributed by atoms with van der Waals surface area (Å²) in [4.78, 5) is 36.4. The fourth-order valence-corrected chi connectivity index (χ4v) is 2.94. The van der Waals surface area contributed by atoms with Crippen LogP contribution in [0.25, 0.3) is 0 Å². The minimum Gasteiger partial charge on any atom is -0.487 e. The van der Waals surface area contributed by atoms with Crippen LogP contribution in [0.15, 0.2) is 48.5 Å². The first-order chi connectivity index (χ1) is 12.3. The average Bonchev–Trinajstić information content (AvgIpc) is 2.58. The number of hydrogen-bond acceptors (Lipinski definition) is 4. The van der Waals surface area contributed by atoms with Gasteiger partial charge in [0.1, 0.15) is 11.4 Å². The maximum absolute atomic E-state index is 12.5. The number of rotatable bonds is 4. The number of aliphatic carboxylic acids is 1. The zero-order chi connectivity index (χ0) is 18.9. The molecule has 6 heteroatoms. The van der Waals surface area contributed by atoms with E-state index in [1.54, 1.807) is 36.4 Å². The van der Waals surface area contributed by atoms with Gasteiger partial charge in [0.15, 0.2) is 11.8 Å². The Hall–Kier alpha value is -3.15. The van der Waals surface area contributed by atoms with Gasteiger partial charge in [-0.3, -0.25) is 9.59 Å². The summed E-state index contributed by atoms with van der Waals surface area (Å²) in [6.07, 6.45) is 0.215. The number of amides is 1. The molecule has 0 fully saturated rings. The summed E-state index contributed by atoms with van der Waals surface area (Å²) in [5.41, 5.74) is 0.425. The number of carbonyl (C=O) groups is 3. The van der Waals surface area contributed by atoms with Crippen molar-refractivity contribution in [1.29, 1.82) is 0 Å². The van der Waals surface area contributed by atoms with Gasteiger partial charge in [-0.15, -0.1) is 0 Å². The summed E-state index contributed by atoms with van der Waals surface area (Å²) in [5, 5.41) is 11.9. The summed E-state index contributed by atoms with van der Waals surface area (Å²) in [6.45, 7) is 3.65. The number of hydrogen-bond donors (Lipinski definition) is 2. The third-order valence-electron chi connectivity index (χ3n) is 4.17. The Bertz CT molecular complexity index is 873. The lowest BCUT2D eigenvalue weighted by Gasteiger charge is -2.31. The maximum atomic E-state index is 12.5. The Morgan fingerprint density at radius 1 is 1.15 bits per heavy atom. The van der Waals surface area contributed by atoms with Crippen molar-refractivity contribution in [3.05, 3.63) is 65.2 Å². The molecule has 0 bridgehead atoms. The molecule has 1 atom stereocenters. The second-order valence-electron chi connectivity index (χ2n) is 6.83. The molecular weight excluding hydrogens is 334 g/mol. The number of carboxylic acid groups (broad SMARTS) is 1. The zero-order valence-corrected chi connectivity index (χ0v) is 14.5. The van der Waals surface area contributed by atoms with Gasteiger partial charge in [0.25, 0.3) is 5.91 Å². The van der Waals surface area contributed by atoms with Crippen molar-refractivity contribution in [2.45, 2.75) is 31.9 Å². The molecule has 2 N–H and O–H groups in total. The van der Waals surface area contributed by atoms with Crippen LogP contribution < -0.4 is 10.1 Å². The van der Waals surface area contributed by atoms with E-state index < -0.39 is 23.5 Å². The number of fused-ring (bicyclic) bond motifs is 1. The number of Topliss-reactive ketones (excluding diaryl/α,β-unsaturated/α-hetero) is 1. The van der Waals surface area contributed by atoms with Gasteiger partial charge in [-0.2, -0.15) is 0 Å². The summed E-state index contributed by atoms with van der Waals surface area (Å²) < 4.78 is 5.77. The summed E-state index contributed by atoms with van der Waals surface area (Å²) in [7, 11) is 0. The number of carboxylic acids is 1. The van der Waals surface area contributed by atoms with Gasteiger partial charge >= 0.3 is 5.97 Å². The highest BCUT2D eigenvalue weighted by molar-refractivity contribution is 6.04. The predicted molar refractivity (Wildman–Crippen MR) is 94.4 cm³/mol. The second-order valence-corrected chi connectivity index (χ2v) is 6.83. The van der Waals surface area contributed by atoms with E-state index in [0.717, 1.165) is 0 Å². The normalized spacial score (nSPS) is 16.2. The molecule has 1 amide bonds. The Morgan fingerprint density at radius 2 is 1.85 bits per heavy atom. The van der Waals surface area contributed by atoms with E-state index in [4.69, 9.17) is 4.74 Å². The number of ketones is 1. The van der Waals surface area contributed by atoms with Crippen LogP contribution in [0.2, 0.25) is 0 Å². The molecule has 1 heterocycles. The molecule has 0 spiro atoms. The van der Waals surface area contributed by atoms with Crippen LogP contribution in [-0.4, -0.2) is 28.4 Å². The van der Waals surface area contributed by atoms with E-state index in [2.05, 4.69) is 5.32 Å². The van der Waals surface area contributed by atoms with Gasteiger partial charge in [-0.25, -0.2) is 4.79 Å². The third-order valence-corrected chi connectivity index (χ3v) is 4.17. The molecule has 0 radical (unpaired) electrons. The van der Waals surface area contributed by atoms with Crippen molar-refractivity contribution in [3.8, 4) is 5.75 Å². The smallest absolute Gasteiger partial charge is 0.330 e. The fourth-order valence-electron chi connectivity index (χ4n) is 2.94. The molecule has 3 rings (SSSR count). The van der Waals surface area contributed by atoms with Crippen LogP contribution in [0.4, 0.5) is 0 Å². The van der Waals surface area contributed by atoms with Crippen LogP contribution in [0.1, 0.15) is 52.6 Å². The highest BCUT2D eigenvalue weighted by atomic mass is 16.5. The SMILES string of the molecule is CC1(C)CC(=O)c2cc(C(=O)NC(C(=O)O)c3ccccc3)ccc2O1. The average molecular weight is 353 g/mol. The van der Waals surface area contributed by atoms with E-state index in [1.807, 2.05) is 13.8 Å². The molecule has 0 aliphatic carbocycles.